The first-order valence-electron chi connectivity index (χ1n) is 9.70. The number of benzene rings is 2. The number of methoxy groups -OCH3 is 1. The van der Waals surface area contributed by atoms with Crippen molar-refractivity contribution in [1.82, 2.24) is 0 Å². The summed E-state index contributed by atoms with van der Waals surface area (Å²) in [6.45, 7) is 1.29. The first kappa shape index (κ1) is 20.7. The molecule has 0 spiro atoms. The molecule has 3 N–H and O–H groups in total. The van der Waals surface area contributed by atoms with E-state index in [2.05, 4.69) is 0 Å². The van der Waals surface area contributed by atoms with Gasteiger partial charge in [-0.3, -0.25) is 19.2 Å². The summed E-state index contributed by atoms with van der Waals surface area (Å²) in [6.07, 6.45) is -0.274. The molecule has 31 heavy (non-hydrogen) atoms. The van der Waals surface area contributed by atoms with Gasteiger partial charge in [0, 0.05) is 17.5 Å². The molecule has 0 bridgehead atoms. The second-order valence-electron chi connectivity index (χ2n) is 8.01. The lowest BCUT2D eigenvalue weighted by Crippen LogP contribution is -2.46. The maximum atomic E-state index is 13.1. The van der Waals surface area contributed by atoms with Crippen LogP contribution in [0.25, 0.3) is 0 Å². The Morgan fingerprint density at radius 1 is 1.13 bits per heavy atom. The maximum absolute atomic E-state index is 13.1. The highest BCUT2D eigenvalue weighted by Crippen LogP contribution is 2.48. The summed E-state index contributed by atoms with van der Waals surface area (Å²) >= 11 is 0. The molecule has 0 unspecified atom stereocenters. The van der Waals surface area contributed by atoms with Gasteiger partial charge in [-0.1, -0.05) is 12.1 Å². The van der Waals surface area contributed by atoms with Gasteiger partial charge in [0.1, 0.15) is 23.2 Å². The molecule has 0 radical (unpaired) electrons. The van der Waals surface area contributed by atoms with Crippen molar-refractivity contribution in [2.75, 3.05) is 7.11 Å². The van der Waals surface area contributed by atoms with Gasteiger partial charge in [0.25, 0.3) is 0 Å². The molecule has 0 aromatic heterocycles. The minimum absolute atomic E-state index is 0.0266. The van der Waals surface area contributed by atoms with Crippen LogP contribution in [0.2, 0.25) is 0 Å². The van der Waals surface area contributed by atoms with Gasteiger partial charge in [0.05, 0.1) is 23.8 Å². The van der Waals surface area contributed by atoms with Gasteiger partial charge in [-0.2, -0.15) is 0 Å². The molecule has 0 saturated carbocycles. The standard InChI is InChI=1S/C23H20O8/c1-10(24)9-23(30)7-6-11-13(18(23)22(29)31-2)8-14-17(20(11)27)21(28)16-12(19(14)26)4-3-5-15(16)25/h3-5,8,18,25,27,30H,6-7,9H2,1-2H3/t18-,23+/m0/s1. The predicted molar refractivity (Wildman–Crippen MR) is 106 cm³/mol. The molecule has 0 heterocycles. The Kier molecular flexibility index (Phi) is 4.70. The largest absolute Gasteiger partial charge is 0.507 e. The molecule has 2 aliphatic carbocycles. The first-order valence-corrected chi connectivity index (χ1v) is 9.70. The van der Waals surface area contributed by atoms with Crippen molar-refractivity contribution in [3.8, 4) is 11.5 Å². The van der Waals surface area contributed by atoms with Crippen LogP contribution in [-0.2, 0) is 20.7 Å². The zero-order valence-corrected chi connectivity index (χ0v) is 16.9. The molecular weight excluding hydrogens is 404 g/mol. The Bertz CT molecular complexity index is 1180. The van der Waals surface area contributed by atoms with E-state index in [0.29, 0.717) is 0 Å². The zero-order chi connectivity index (χ0) is 22.7. The number of fused-ring (bicyclic) bond motifs is 3. The van der Waals surface area contributed by atoms with E-state index in [-0.39, 0.29) is 64.2 Å². The maximum Gasteiger partial charge on any atom is 0.316 e. The third-order valence-electron chi connectivity index (χ3n) is 6.07. The molecule has 2 aromatic rings. The second kappa shape index (κ2) is 7.02. The molecule has 0 fully saturated rings. The quantitative estimate of drug-likeness (QED) is 0.541. The van der Waals surface area contributed by atoms with Crippen LogP contribution in [0.1, 0.15) is 68.7 Å². The van der Waals surface area contributed by atoms with Crippen LogP contribution in [0.15, 0.2) is 24.3 Å². The number of aromatic hydroxyl groups is 2. The lowest BCUT2D eigenvalue weighted by atomic mass is 9.67. The van der Waals surface area contributed by atoms with Crippen molar-refractivity contribution >= 4 is 23.3 Å². The van der Waals surface area contributed by atoms with E-state index < -0.39 is 34.8 Å². The number of ketones is 3. The predicted octanol–water partition coefficient (Wildman–Crippen LogP) is 1.79. The van der Waals surface area contributed by atoms with Gasteiger partial charge in [0.15, 0.2) is 5.78 Å². The van der Waals surface area contributed by atoms with Crippen molar-refractivity contribution < 1.29 is 39.2 Å². The highest BCUT2D eigenvalue weighted by molar-refractivity contribution is 6.30. The second-order valence-corrected chi connectivity index (χ2v) is 8.01. The molecule has 2 aliphatic rings. The third kappa shape index (κ3) is 2.94. The Morgan fingerprint density at radius 3 is 2.48 bits per heavy atom. The third-order valence-corrected chi connectivity index (χ3v) is 6.07. The fourth-order valence-corrected chi connectivity index (χ4v) is 4.76. The van der Waals surface area contributed by atoms with E-state index in [1.807, 2.05) is 0 Å². The number of carbonyl (C=O) groups is 4. The smallest absolute Gasteiger partial charge is 0.316 e. The first-order chi connectivity index (χ1) is 14.6. The normalized spacial score (nSPS) is 21.7. The number of Topliss-reactive ketones (excluding diaryl/α,β-unsaturated/α-hetero) is 1. The van der Waals surface area contributed by atoms with E-state index in [4.69, 9.17) is 4.74 Å². The van der Waals surface area contributed by atoms with Gasteiger partial charge in [-0.15, -0.1) is 0 Å². The molecule has 4 rings (SSSR count). The highest BCUT2D eigenvalue weighted by Gasteiger charge is 2.49. The van der Waals surface area contributed by atoms with Crippen LogP contribution < -0.4 is 0 Å². The zero-order valence-electron chi connectivity index (χ0n) is 16.9. The van der Waals surface area contributed by atoms with Crippen LogP contribution in [0.5, 0.6) is 11.5 Å². The van der Waals surface area contributed by atoms with E-state index in [1.165, 1.54) is 31.2 Å². The molecular formula is C23H20O8. The average Bonchev–Trinajstić information content (AvgIpc) is 2.70. The Morgan fingerprint density at radius 2 is 1.84 bits per heavy atom. The van der Waals surface area contributed by atoms with E-state index >= 15 is 0 Å². The van der Waals surface area contributed by atoms with Crippen molar-refractivity contribution in [2.45, 2.75) is 37.7 Å². The van der Waals surface area contributed by atoms with Crippen molar-refractivity contribution in [3.63, 3.8) is 0 Å². The van der Waals surface area contributed by atoms with Gasteiger partial charge in [0.2, 0.25) is 5.78 Å². The fourth-order valence-electron chi connectivity index (χ4n) is 4.76. The van der Waals surface area contributed by atoms with Crippen LogP contribution >= 0.6 is 0 Å². The number of carbonyl (C=O) groups excluding carboxylic acids is 4. The van der Waals surface area contributed by atoms with Crippen molar-refractivity contribution in [1.29, 1.82) is 0 Å². The lowest BCUT2D eigenvalue weighted by Gasteiger charge is -2.40. The summed E-state index contributed by atoms with van der Waals surface area (Å²) in [6, 6.07) is 5.40. The highest BCUT2D eigenvalue weighted by atomic mass is 16.5. The van der Waals surface area contributed by atoms with E-state index in [1.54, 1.807) is 0 Å². The molecule has 0 aliphatic heterocycles. The summed E-state index contributed by atoms with van der Waals surface area (Å²) in [5, 5.41) is 32.2. The number of esters is 1. The van der Waals surface area contributed by atoms with E-state index in [9.17, 15) is 34.5 Å². The van der Waals surface area contributed by atoms with Gasteiger partial charge < -0.3 is 20.1 Å². The number of phenolic OH excluding ortho intramolecular Hbond substituents is 2. The molecule has 160 valence electrons. The number of rotatable bonds is 3. The van der Waals surface area contributed by atoms with Gasteiger partial charge in [-0.05, 0) is 43.0 Å². The average molecular weight is 424 g/mol. The lowest BCUT2D eigenvalue weighted by molar-refractivity contribution is -0.152. The number of hydrogen-bond donors (Lipinski definition) is 3. The van der Waals surface area contributed by atoms with Gasteiger partial charge >= 0.3 is 5.97 Å². The minimum Gasteiger partial charge on any atom is -0.507 e. The summed E-state index contributed by atoms with van der Waals surface area (Å²) < 4.78 is 4.85. The van der Waals surface area contributed by atoms with Gasteiger partial charge in [-0.25, -0.2) is 0 Å². The molecule has 8 heteroatoms. The monoisotopic (exact) mass is 424 g/mol. The Balaban J connectivity index is 1.98. The molecule has 8 nitrogen and oxygen atoms in total. The number of phenols is 2. The molecule has 0 saturated heterocycles. The summed E-state index contributed by atoms with van der Waals surface area (Å²) in [5.41, 5.74) is -2.00. The SMILES string of the molecule is COC(=O)[C@@H]1c2cc3c(c(O)c2CC[C@@]1(O)CC(C)=O)C(=O)c1c(O)cccc1C3=O. The number of aliphatic hydroxyl groups is 1. The molecule has 2 atom stereocenters. The summed E-state index contributed by atoms with van der Waals surface area (Å²) in [5.74, 6) is -4.64. The van der Waals surface area contributed by atoms with Crippen LogP contribution in [0.3, 0.4) is 0 Å². The van der Waals surface area contributed by atoms with Crippen molar-refractivity contribution in [3.05, 3.63) is 57.6 Å². The van der Waals surface area contributed by atoms with E-state index in [0.717, 1.165) is 7.11 Å². The fraction of sp³-hybridized carbons (Fsp3) is 0.304. The summed E-state index contributed by atoms with van der Waals surface area (Å²) in [4.78, 5) is 50.6. The van der Waals surface area contributed by atoms with Crippen LogP contribution in [-0.4, -0.2) is 51.3 Å². The summed E-state index contributed by atoms with van der Waals surface area (Å²) in [7, 11) is 1.14. The van der Waals surface area contributed by atoms with Crippen LogP contribution in [0, 0.1) is 0 Å². The Hall–Kier alpha value is -3.52. The molecule has 0 amide bonds. The van der Waals surface area contributed by atoms with Crippen LogP contribution in [0.4, 0.5) is 0 Å². The Labute approximate surface area is 177 Å². The topological polar surface area (TPSA) is 138 Å². The minimum atomic E-state index is -1.76. The number of ether oxygens (including phenoxy) is 1. The molecule has 2 aromatic carbocycles. The van der Waals surface area contributed by atoms with Crippen molar-refractivity contribution in [2.24, 2.45) is 0 Å². The number of hydrogen-bond acceptors (Lipinski definition) is 8.